The van der Waals surface area contributed by atoms with Crippen LogP contribution in [0.5, 0.6) is 0 Å². The number of hydrogen-bond acceptors (Lipinski definition) is 2. The van der Waals surface area contributed by atoms with Gasteiger partial charge in [-0.3, -0.25) is 4.79 Å². The van der Waals surface area contributed by atoms with E-state index in [1.54, 1.807) is 0 Å². The summed E-state index contributed by atoms with van der Waals surface area (Å²) in [6, 6.07) is 10.5. The number of carbonyl (C=O) groups excluding carboxylic acids is 1. The molecule has 116 valence electrons. The molecule has 3 heteroatoms. The smallest absolute Gasteiger partial charge is 0.223 e. The van der Waals surface area contributed by atoms with Crippen molar-refractivity contribution in [2.75, 3.05) is 6.54 Å². The van der Waals surface area contributed by atoms with Gasteiger partial charge in [-0.05, 0) is 30.2 Å². The maximum absolute atomic E-state index is 12.7. The summed E-state index contributed by atoms with van der Waals surface area (Å²) in [6.45, 7) is 5.84. The van der Waals surface area contributed by atoms with Crippen molar-refractivity contribution < 1.29 is 4.79 Å². The predicted molar refractivity (Wildman–Crippen MR) is 86.6 cm³/mol. The summed E-state index contributed by atoms with van der Waals surface area (Å²) in [5.74, 6) is 1.12. The Morgan fingerprint density at radius 3 is 2.57 bits per heavy atom. The molecule has 1 aromatic rings. The molecule has 1 aromatic carbocycles. The van der Waals surface area contributed by atoms with E-state index in [0.717, 1.165) is 19.4 Å². The Balaban J connectivity index is 1.99. The summed E-state index contributed by atoms with van der Waals surface area (Å²) >= 11 is 0. The summed E-state index contributed by atoms with van der Waals surface area (Å²) < 4.78 is 0. The molecule has 1 fully saturated rings. The molecule has 0 spiro atoms. The molecule has 1 saturated carbocycles. The van der Waals surface area contributed by atoms with Crippen LogP contribution in [0.2, 0.25) is 0 Å². The molecule has 0 unspecified atom stereocenters. The van der Waals surface area contributed by atoms with Crippen LogP contribution in [0.1, 0.15) is 45.1 Å². The van der Waals surface area contributed by atoms with Gasteiger partial charge in [0.2, 0.25) is 5.91 Å². The van der Waals surface area contributed by atoms with E-state index in [1.807, 2.05) is 23.1 Å². The highest BCUT2D eigenvalue weighted by molar-refractivity contribution is 5.76. The third-order valence-corrected chi connectivity index (χ3v) is 4.31. The van der Waals surface area contributed by atoms with Crippen molar-refractivity contribution in [3.63, 3.8) is 0 Å². The van der Waals surface area contributed by atoms with Gasteiger partial charge in [0.1, 0.15) is 0 Å². The van der Waals surface area contributed by atoms with E-state index in [-0.39, 0.29) is 11.9 Å². The normalized spacial score (nSPS) is 21.7. The Bertz CT molecular complexity index is 444. The molecule has 0 aromatic heterocycles. The first-order valence-electron chi connectivity index (χ1n) is 8.13. The van der Waals surface area contributed by atoms with E-state index in [2.05, 4.69) is 26.0 Å². The second kappa shape index (κ2) is 7.60. The lowest BCUT2D eigenvalue weighted by Crippen LogP contribution is -2.37. The van der Waals surface area contributed by atoms with Crippen LogP contribution >= 0.6 is 0 Å². The van der Waals surface area contributed by atoms with Crippen LogP contribution in [0.25, 0.3) is 0 Å². The van der Waals surface area contributed by atoms with Gasteiger partial charge in [0.15, 0.2) is 0 Å². The van der Waals surface area contributed by atoms with E-state index in [9.17, 15) is 4.79 Å². The minimum absolute atomic E-state index is 0.214. The van der Waals surface area contributed by atoms with Gasteiger partial charge < -0.3 is 10.6 Å². The maximum atomic E-state index is 12.7. The molecule has 2 rings (SSSR count). The monoisotopic (exact) mass is 288 g/mol. The van der Waals surface area contributed by atoms with Gasteiger partial charge in [0.25, 0.3) is 0 Å². The fourth-order valence-corrected chi connectivity index (χ4v) is 3.17. The third kappa shape index (κ3) is 4.85. The van der Waals surface area contributed by atoms with Crippen LogP contribution in [0.4, 0.5) is 0 Å². The van der Waals surface area contributed by atoms with E-state index < -0.39 is 0 Å². The largest absolute Gasteiger partial charge is 0.338 e. The molecule has 3 nitrogen and oxygen atoms in total. The average molecular weight is 288 g/mol. The molecule has 2 N–H and O–H groups in total. The van der Waals surface area contributed by atoms with Crippen LogP contribution in [-0.2, 0) is 11.3 Å². The molecule has 1 amide bonds. The molecule has 0 bridgehead atoms. The Hall–Kier alpha value is -1.35. The molecular formula is C18H28N2O. The van der Waals surface area contributed by atoms with E-state index in [1.165, 1.54) is 12.0 Å². The minimum atomic E-state index is 0.214. The summed E-state index contributed by atoms with van der Waals surface area (Å²) in [5.41, 5.74) is 7.31. The topological polar surface area (TPSA) is 46.3 Å². The van der Waals surface area contributed by atoms with Crippen molar-refractivity contribution in [1.82, 2.24) is 4.90 Å². The molecule has 0 aliphatic heterocycles. The summed E-state index contributed by atoms with van der Waals surface area (Å²) in [6.07, 6.45) is 3.96. The molecule has 0 heterocycles. The first kappa shape index (κ1) is 16.0. The number of amides is 1. The van der Waals surface area contributed by atoms with Crippen LogP contribution in [0, 0.1) is 11.8 Å². The second-order valence-corrected chi connectivity index (χ2v) is 6.71. The third-order valence-electron chi connectivity index (χ3n) is 4.31. The predicted octanol–water partition coefficient (Wildman–Crippen LogP) is 3.19. The zero-order valence-electron chi connectivity index (χ0n) is 13.3. The number of benzene rings is 1. The summed E-state index contributed by atoms with van der Waals surface area (Å²) in [7, 11) is 0. The first-order valence-corrected chi connectivity index (χ1v) is 8.13. The standard InChI is InChI=1S/C18H28N2O/c1-14(2)12-20(13-15-7-4-3-5-8-15)18(21)11-16-9-6-10-17(16)19/h3-5,7-8,14,16-17H,6,9-13,19H2,1-2H3/t16-,17+/m0/s1. The average Bonchev–Trinajstić information content (AvgIpc) is 2.84. The Kier molecular flexibility index (Phi) is 5.80. The van der Waals surface area contributed by atoms with Gasteiger partial charge in [-0.15, -0.1) is 0 Å². The lowest BCUT2D eigenvalue weighted by Gasteiger charge is -2.27. The number of nitrogens with two attached hydrogens (primary N) is 1. The van der Waals surface area contributed by atoms with E-state index >= 15 is 0 Å². The highest BCUT2D eigenvalue weighted by Gasteiger charge is 2.28. The van der Waals surface area contributed by atoms with Crippen LogP contribution in [0.3, 0.4) is 0 Å². The second-order valence-electron chi connectivity index (χ2n) is 6.71. The SMILES string of the molecule is CC(C)CN(Cc1ccccc1)C(=O)C[C@@H]1CCC[C@H]1N. The molecule has 21 heavy (non-hydrogen) atoms. The first-order chi connectivity index (χ1) is 10.1. The lowest BCUT2D eigenvalue weighted by atomic mass is 9.99. The molecule has 1 aliphatic rings. The molecular weight excluding hydrogens is 260 g/mol. The van der Waals surface area contributed by atoms with Crippen molar-refractivity contribution in [2.45, 2.75) is 52.1 Å². The number of hydrogen-bond donors (Lipinski definition) is 1. The summed E-state index contributed by atoms with van der Waals surface area (Å²) in [4.78, 5) is 14.7. The van der Waals surface area contributed by atoms with Gasteiger partial charge in [0.05, 0.1) is 0 Å². The fraction of sp³-hybridized carbons (Fsp3) is 0.611. The molecule has 1 aliphatic carbocycles. The number of rotatable bonds is 6. The Labute approximate surface area is 128 Å². The number of nitrogens with zero attached hydrogens (tertiary/aromatic N) is 1. The van der Waals surface area contributed by atoms with Crippen molar-refractivity contribution in [1.29, 1.82) is 0 Å². The molecule has 0 radical (unpaired) electrons. The van der Waals surface area contributed by atoms with Crippen molar-refractivity contribution in [2.24, 2.45) is 17.6 Å². The highest BCUT2D eigenvalue weighted by Crippen LogP contribution is 2.27. The minimum Gasteiger partial charge on any atom is -0.338 e. The quantitative estimate of drug-likeness (QED) is 0.874. The van der Waals surface area contributed by atoms with Crippen molar-refractivity contribution in [3.05, 3.63) is 35.9 Å². The maximum Gasteiger partial charge on any atom is 0.223 e. The highest BCUT2D eigenvalue weighted by atomic mass is 16.2. The molecule has 2 atom stereocenters. The van der Waals surface area contributed by atoms with E-state index in [0.29, 0.717) is 24.8 Å². The number of carbonyl (C=O) groups is 1. The zero-order valence-corrected chi connectivity index (χ0v) is 13.3. The van der Waals surface area contributed by atoms with Gasteiger partial charge >= 0.3 is 0 Å². The zero-order chi connectivity index (χ0) is 15.2. The molecule has 0 saturated heterocycles. The summed E-state index contributed by atoms with van der Waals surface area (Å²) in [5, 5.41) is 0. The van der Waals surface area contributed by atoms with Gasteiger partial charge in [-0.25, -0.2) is 0 Å². The van der Waals surface area contributed by atoms with Crippen LogP contribution < -0.4 is 5.73 Å². The van der Waals surface area contributed by atoms with Gasteiger partial charge in [-0.1, -0.05) is 50.6 Å². The lowest BCUT2D eigenvalue weighted by molar-refractivity contribution is -0.133. The van der Waals surface area contributed by atoms with E-state index in [4.69, 9.17) is 5.73 Å². The van der Waals surface area contributed by atoms with Crippen LogP contribution in [0.15, 0.2) is 30.3 Å². The van der Waals surface area contributed by atoms with Gasteiger partial charge in [0, 0.05) is 25.6 Å². The van der Waals surface area contributed by atoms with Crippen molar-refractivity contribution in [3.8, 4) is 0 Å². The fourth-order valence-electron chi connectivity index (χ4n) is 3.17. The van der Waals surface area contributed by atoms with Crippen molar-refractivity contribution >= 4 is 5.91 Å². The Morgan fingerprint density at radius 2 is 2.00 bits per heavy atom. The van der Waals surface area contributed by atoms with Gasteiger partial charge in [-0.2, -0.15) is 0 Å². The Morgan fingerprint density at radius 1 is 1.29 bits per heavy atom. The van der Waals surface area contributed by atoms with Crippen LogP contribution in [-0.4, -0.2) is 23.4 Å².